The van der Waals surface area contributed by atoms with Crippen LogP contribution in [0.25, 0.3) is 0 Å². The number of halogens is 1. The van der Waals surface area contributed by atoms with Gasteiger partial charge in [0.25, 0.3) is 0 Å². The topological polar surface area (TPSA) is 119 Å². The maximum atomic E-state index is 14.9. The molecule has 3 aliphatic rings. The number of carbonyl (C=O) groups is 1. The first kappa shape index (κ1) is 53.0. The van der Waals surface area contributed by atoms with E-state index in [-0.39, 0.29) is 63.0 Å². The molecule has 12 heteroatoms. The van der Waals surface area contributed by atoms with Crippen molar-refractivity contribution in [2.75, 3.05) is 39.3 Å². The Bertz CT molecular complexity index is 2060. The van der Waals surface area contributed by atoms with Gasteiger partial charge in [0.05, 0.1) is 24.8 Å². The number of carbonyl (C=O) groups excluding carboxylic acids is 1. The molecule has 1 amide bonds. The highest BCUT2D eigenvalue weighted by atomic mass is 32.2. The number of unbranched alkanes of at least 4 members (excludes halogenated alkanes) is 11. The molecule has 1 aliphatic heterocycles. The van der Waals surface area contributed by atoms with Gasteiger partial charge in [0.1, 0.15) is 35.7 Å². The lowest BCUT2D eigenvalue weighted by Gasteiger charge is -2.59. The minimum atomic E-state index is -1.47. The number of fused-ring (bicyclic) bond motifs is 2. The highest BCUT2D eigenvalue weighted by molar-refractivity contribution is 7.98. The number of hydrogen-bond acceptors (Lipinski definition) is 10. The van der Waals surface area contributed by atoms with Crippen molar-refractivity contribution in [3.8, 4) is 17.2 Å². The fraction of sp³-hybridized carbons (Fsp3) is 0.571. The van der Waals surface area contributed by atoms with E-state index in [2.05, 4.69) is 25.6 Å². The molecule has 0 radical (unpaired) electrons. The third-order valence-electron chi connectivity index (χ3n) is 13.8. The summed E-state index contributed by atoms with van der Waals surface area (Å²) in [5.41, 5.74) is 3.33. The van der Waals surface area contributed by atoms with Gasteiger partial charge in [-0.2, -0.15) is 0 Å². The molecular weight excluding hydrogens is 880 g/mol. The van der Waals surface area contributed by atoms with Crippen LogP contribution in [0.2, 0.25) is 0 Å². The van der Waals surface area contributed by atoms with Crippen molar-refractivity contribution in [3.63, 3.8) is 0 Å². The molecule has 0 bridgehead atoms. The zero-order chi connectivity index (χ0) is 48.1. The van der Waals surface area contributed by atoms with Crippen molar-refractivity contribution in [2.45, 2.75) is 152 Å². The highest BCUT2D eigenvalue weighted by Crippen LogP contribution is 2.62. The number of hydrogen-bond donors (Lipinski definition) is 2. The molecule has 2 N–H and O–H groups in total. The number of aliphatic hydroxyl groups is 2. The van der Waals surface area contributed by atoms with Gasteiger partial charge in [0.2, 0.25) is 5.79 Å². The Morgan fingerprint density at radius 2 is 1.56 bits per heavy atom. The minimum Gasteiger partial charge on any atom is -0.459 e. The molecular formula is C56H77FN2O8S. The number of rotatable bonds is 30. The zero-order valence-electron chi connectivity index (χ0n) is 40.9. The van der Waals surface area contributed by atoms with Crippen LogP contribution in [-0.2, 0) is 20.9 Å². The molecule has 68 heavy (non-hydrogen) atoms. The Hall–Kier alpha value is -4.36. The summed E-state index contributed by atoms with van der Waals surface area (Å²) in [4.78, 5) is 23.7. The second-order valence-corrected chi connectivity index (χ2v) is 19.4. The average molecular weight is 957 g/mol. The van der Waals surface area contributed by atoms with Crippen molar-refractivity contribution in [3.05, 3.63) is 108 Å². The fourth-order valence-electron chi connectivity index (χ4n) is 10.6. The van der Waals surface area contributed by atoms with E-state index in [1.807, 2.05) is 49.6 Å². The van der Waals surface area contributed by atoms with Crippen LogP contribution in [0.3, 0.4) is 0 Å². The molecule has 0 unspecified atom stereocenters. The fourth-order valence-corrected chi connectivity index (χ4v) is 11.0. The quantitative estimate of drug-likeness (QED) is 0.0291. The van der Waals surface area contributed by atoms with E-state index in [1.165, 1.54) is 57.1 Å². The number of ether oxygens (including phenoxy) is 4. The monoisotopic (exact) mass is 957 g/mol. The van der Waals surface area contributed by atoms with Crippen LogP contribution in [0.15, 0.2) is 101 Å². The summed E-state index contributed by atoms with van der Waals surface area (Å²) in [5.74, 6) is -0.448. The summed E-state index contributed by atoms with van der Waals surface area (Å²) < 4.78 is 41.8. The van der Waals surface area contributed by atoms with Gasteiger partial charge in [0, 0.05) is 42.6 Å². The van der Waals surface area contributed by atoms with Gasteiger partial charge in [0.15, 0.2) is 0 Å². The number of amides is 1. The summed E-state index contributed by atoms with van der Waals surface area (Å²) in [7, 11) is 0. The first-order valence-electron chi connectivity index (χ1n) is 25.5. The van der Waals surface area contributed by atoms with Crippen LogP contribution in [0.1, 0.15) is 140 Å². The summed E-state index contributed by atoms with van der Waals surface area (Å²) in [6.07, 6.45) is 22.0. The summed E-state index contributed by atoms with van der Waals surface area (Å²) >= 11 is 1.67. The molecule has 1 heterocycles. The lowest BCUT2D eigenvalue weighted by Crippen LogP contribution is -2.70. The second-order valence-electron chi connectivity index (χ2n) is 18.5. The molecule has 0 spiro atoms. The Morgan fingerprint density at radius 1 is 0.882 bits per heavy atom. The Kier molecular flexibility index (Phi) is 21.6. The maximum absolute atomic E-state index is 14.9. The van der Waals surface area contributed by atoms with E-state index >= 15 is 0 Å². The average Bonchev–Trinajstić information content (AvgIpc) is 3.35. The predicted octanol–water partition coefficient (Wildman–Crippen LogP) is 13.6. The SMILES string of the molecule is C=CCO[C@@]12Oc3ccc(Oc4ccc(SC)cc4)cc3[C@H]3[C@H](CCCCO)[C@@H](CCCCO)C=C(C(=NOCC)C[C@@H]1N(Cc1ccc(F)cc1)C(=O)OCCCCCCCCCCCC)[C@H]32. The zero-order valence-corrected chi connectivity index (χ0v) is 41.7. The lowest BCUT2D eigenvalue weighted by atomic mass is 9.55. The minimum absolute atomic E-state index is 0.0420. The van der Waals surface area contributed by atoms with E-state index in [0.717, 1.165) is 66.5 Å². The number of nitrogens with zero attached hydrogens (tertiary/aromatic N) is 2. The summed E-state index contributed by atoms with van der Waals surface area (Å²) in [6.45, 7) is 9.22. The van der Waals surface area contributed by atoms with Crippen LogP contribution < -0.4 is 9.47 Å². The Morgan fingerprint density at radius 3 is 2.22 bits per heavy atom. The van der Waals surface area contributed by atoms with E-state index < -0.39 is 23.8 Å². The molecule has 0 saturated heterocycles. The van der Waals surface area contributed by atoms with Gasteiger partial charge in [-0.15, -0.1) is 18.3 Å². The van der Waals surface area contributed by atoms with Crippen LogP contribution in [0, 0.1) is 23.6 Å². The van der Waals surface area contributed by atoms with Gasteiger partial charge in [-0.3, -0.25) is 4.90 Å². The first-order valence-corrected chi connectivity index (χ1v) is 26.7. The van der Waals surface area contributed by atoms with Gasteiger partial charge >= 0.3 is 6.09 Å². The van der Waals surface area contributed by atoms with Gasteiger partial charge in [-0.05, 0) is 123 Å². The Balaban J connectivity index is 1.45. The molecule has 0 aromatic heterocycles. The van der Waals surface area contributed by atoms with Crippen molar-refractivity contribution in [1.29, 1.82) is 0 Å². The Labute approximate surface area is 409 Å². The molecule has 1 fully saturated rings. The number of benzene rings is 3. The van der Waals surface area contributed by atoms with Crippen molar-refractivity contribution in [2.24, 2.45) is 22.9 Å². The highest BCUT2D eigenvalue weighted by Gasteiger charge is 2.65. The van der Waals surface area contributed by atoms with Crippen LogP contribution >= 0.6 is 11.8 Å². The molecule has 10 nitrogen and oxygen atoms in total. The normalized spacial score (nSPS) is 22.1. The molecule has 3 aromatic carbocycles. The van der Waals surface area contributed by atoms with E-state index in [0.29, 0.717) is 42.4 Å². The van der Waals surface area contributed by atoms with Crippen molar-refractivity contribution >= 4 is 23.6 Å². The number of aliphatic hydroxyl groups excluding tert-OH is 2. The molecule has 6 rings (SSSR count). The van der Waals surface area contributed by atoms with Crippen molar-refractivity contribution < 1.29 is 43.2 Å². The van der Waals surface area contributed by atoms with Gasteiger partial charge in [-0.25, -0.2) is 9.18 Å². The number of oxime groups is 1. The molecule has 372 valence electrons. The predicted molar refractivity (Wildman–Crippen MR) is 270 cm³/mol. The molecule has 2 aliphatic carbocycles. The molecule has 3 aromatic rings. The first-order chi connectivity index (χ1) is 33.3. The standard InChI is InChI=1S/C56H77FN2O8S/c1-5-8-9-10-11-12-13-14-15-20-36-63-55(62)59(40-41-23-25-43(57)26-24-41)52-39-50(58-65-7-3)48-37-42(21-16-18-33-60)47(22-17-19-34-61)53-49-38-45(66-44-27-30-46(68-4)31-28-44)29-32-51(49)67-56(52,54(48)53)64-35-6-2/h6,23-32,37-38,42,47,52-54,60-61H,2,5,7-22,33-36,39-40H2,1,3-4H3/t42-,47+,52-,53+,54+,56+/m0/s1. The maximum Gasteiger partial charge on any atom is 0.410 e. The van der Waals surface area contributed by atoms with Gasteiger partial charge in [-0.1, -0.05) is 107 Å². The van der Waals surface area contributed by atoms with E-state index in [9.17, 15) is 19.4 Å². The lowest BCUT2D eigenvalue weighted by molar-refractivity contribution is -0.256. The van der Waals surface area contributed by atoms with Crippen LogP contribution in [0.4, 0.5) is 9.18 Å². The van der Waals surface area contributed by atoms with E-state index in [4.69, 9.17) is 28.9 Å². The van der Waals surface area contributed by atoms with Crippen molar-refractivity contribution in [1.82, 2.24) is 4.90 Å². The number of thioether (sulfide) groups is 1. The molecule has 1 saturated carbocycles. The van der Waals surface area contributed by atoms with Gasteiger partial charge < -0.3 is 34.0 Å². The van der Waals surface area contributed by atoms with Crippen LogP contribution in [0.5, 0.6) is 17.2 Å². The largest absolute Gasteiger partial charge is 0.459 e. The third kappa shape index (κ3) is 13.9. The summed E-state index contributed by atoms with van der Waals surface area (Å²) in [5, 5.41) is 24.8. The second kappa shape index (κ2) is 27.7. The van der Waals surface area contributed by atoms with E-state index in [1.54, 1.807) is 34.9 Å². The van der Waals surface area contributed by atoms with Crippen LogP contribution in [-0.4, -0.2) is 78.0 Å². The number of allylic oxidation sites excluding steroid dienone is 1. The summed E-state index contributed by atoms with van der Waals surface area (Å²) in [6, 6.07) is 19.4. The third-order valence-corrected chi connectivity index (χ3v) is 14.6. The smallest absolute Gasteiger partial charge is 0.410 e. The molecule has 6 atom stereocenters.